The number of benzene rings is 2. The zero-order valence-corrected chi connectivity index (χ0v) is 16.0. The highest BCUT2D eigenvalue weighted by molar-refractivity contribution is 5.96. The number of rotatable bonds is 2. The van der Waals surface area contributed by atoms with Gasteiger partial charge in [-0.15, -0.1) is 0 Å². The van der Waals surface area contributed by atoms with Crippen LogP contribution in [-0.2, 0) is 19.9 Å². The average Bonchev–Trinajstić information content (AvgIpc) is 3.40. The maximum atomic E-state index is 13.3. The molecule has 1 aliphatic carbocycles. The van der Waals surface area contributed by atoms with Crippen molar-refractivity contribution in [1.29, 1.82) is 0 Å². The molecule has 5 nitrogen and oxygen atoms in total. The first-order valence-corrected chi connectivity index (χ1v) is 10.0. The van der Waals surface area contributed by atoms with E-state index in [1.807, 2.05) is 48.5 Å². The van der Waals surface area contributed by atoms with Crippen LogP contribution in [0.5, 0.6) is 0 Å². The number of hydrogen-bond acceptors (Lipinski definition) is 4. The summed E-state index contributed by atoms with van der Waals surface area (Å²) in [6.07, 6.45) is 2.01. The van der Waals surface area contributed by atoms with Gasteiger partial charge in [-0.25, -0.2) is 4.79 Å². The minimum absolute atomic E-state index is 0.172. The zero-order chi connectivity index (χ0) is 19.3. The van der Waals surface area contributed by atoms with E-state index in [2.05, 4.69) is 14.1 Å². The van der Waals surface area contributed by atoms with Crippen molar-refractivity contribution >= 4 is 5.97 Å². The number of hydrogen-bond donors (Lipinski definition) is 1. The molecule has 2 bridgehead atoms. The number of quaternary nitrogens is 1. The number of aliphatic hydroxyl groups is 1. The third-order valence-corrected chi connectivity index (χ3v) is 7.53. The van der Waals surface area contributed by atoms with Gasteiger partial charge in [-0.2, -0.15) is 0 Å². The van der Waals surface area contributed by atoms with Gasteiger partial charge in [-0.1, -0.05) is 48.5 Å². The van der Waals surface area contributed by atoms with Crippen molar-refractivity contribution in [3.8, 4) is 11.1 Å². The quantitative estimate of drug-likeness (QED) is 0.495. The maximum absolute atomic E-state index is 13.3. The second-order valence-corrected chi connectivity index (χ2v) is 9.13. The Morgan fingerprint density at radius 3 is 2.04 bits per heavy atom. The number of carbonyl (C=O) groups is 1. The molecule has 1 N–H and O–H groups in total. The van der Waals surface area contributed by atoms with Crippen molar-refractivity contribution in [2.24, 2.45) is 0 Å². The first kappa shape index (κ1) is 16.7. The van der Waals surface area contributed by atoms with Gasteiger partial charge in [0.2, 0.25) is 5.60 Å². The summed E-state index contributed by atoms with van der Waals surface area (Å²) in [6.45, 7) is 0. The summed E-state index contributed by atoms with van der Waals surface area (Å²) in [5.41, 5.74) is 1.28. The lowest BCUT2D eigenvalue weighted by Crippen LogP contribution is -2.60. The van der Waals surface area contributed by atoms with Gasteiger partial charge in [-0.05, 0) is 11.1 Å². The fourth-order valence-electron chi connectivity index (χ4n) is 5.97. The van der Waals surface area contributed by atoms with E-state index < -0.39 is 11.6 Å². The predicted octanol–water partition coefficient (Wildman–Crippen LogP) is 2.20. The summed E-state index contributed by atoms with van der Waals surface area (Å²) in [6, 6.07) is 15.8. The fourth-order valence-corrected chi connectivity index (χ4v) is 5.97. The standard InChI is InChI=1S/C23H24NO4/c1-24(2)18-11-13(12-19(24)21-20(18)28-21)27-22(25)23(26)16-9-5-3-7-14(16)15-8-4-6-10-17(15)23/h3-10,13,18-21,26H,11-12H2,1-2H3/q+1/t13-,18?,19?,20-,21?/m1/s1. The van der Waals surface area contributed by atoms with Crippen LogP contribution in [0.25, 0.3) is 11.1 Å². The summed E-state index contributed by atoms with van der Waals surface area (Å²) in [4.78, 5) is 13.3. The van der Waals surface area contributed by atoms with Crippen LogP contribution in [0.4, 0.5) is 0 Å². The van der Waals surface area contributed by atoms with Crippen molar-refractivity contribution in [3.05, 3.63) is 59.7 Å². The summed E-state index contributed by atoms with van der Waals surface area (Å²) in [5, 5.41) is 11.6. The largest absolute Gasteiger partial charge is 0.459 e. The van der Waals surface area contributed by atoms with Gasteiger partial charge in [0.25, 0.3) is 0 Å². The normalized spacial score (nSPS) is 34.9. The third-order valence-electron chi connectivity index (χ3n) is 7.53. The Labute approximate surface area is 164 Å². The number of morpholine rings is 1. The van der Waals surface area contributed by atoms with Gasteiger partial charge in [0.1, 0.15) is 30.4 Å². The molecule has 0 aromatic heterocycles. The van der Waals surface area contributed by atoms with Gasteiger partial charge < -0.3 is 19.1 Å². The molecule has 3 saturated heterocycles. The van der Waals surface area contributed by atoms with E-state index in [1.54, 1.807) is 0 Å². The van der Waals surface area contributed by atoms with Crippen molar-refractivity contribution in [2.45, 2.75) is 48.8 Å². The van der Waals surface area contributed by atoms with Crippen molar-refractivity contribution in [2.75, 3.05) is 14.1 Å². The Balaban J connectivity index is 1.33. The van der Waals surface area contributed by atoms with Crippen molar-refractivity contribution < 1.29 is 23.9 Å². The van der Waals surface area contributed by atoms with E-state index in [0.29, 0.717) is 35.4 Å². The molecular formula is C23H24NO4+. The van der Waals surface area contributed by atoms with E-state index in [1.165, 1.54) is 0 Å². The first-order chi connectivity index (χ1) is 13.4. The van der Waals surface area contributed by atoms with Gasteiger partial charge in [0.15, 0.2) is 0 Å². The molecule has 6 rings (SSSR count). The Bertz CT molecular complexity index is 934. The number of piperidine rings is 1. The van der Waals surface area contributed by atoms with E-state index in [4.69, 9.17) is 9.47 Å². The predicted molar refractivity (Wildman–Crippen MR) is 102 cm³/mol. The van der Waals surface area contributed by atoms with Gasteiger partial charge in [0, 0.05) is 24.0 Å². The lowest BCUT2D eigenvalue weighted by molar-refractivity contribution is -0.938. The zero-order valence-electron chi connectivity index (χ0n) is 16.0. The Morgan fingerprint density at radius 1 is 1.00 bits per heavy atom. The minimum Gasteiger partial charge on any atom is -0.459 e. The number of carbonyl (C=O) groups excluding carboxylic acids is 1. The molecule has 5 atom stereocenters. The van der Waals surface area contributed by atoms with E-state index >= 15 is 0 Å². The van der Waals surface area contributed by atoms with Crippen LogP contribution in [0.2, 0.25) is 0 Å². The van der Waals surface area contributed by atoms with Gasteiger partial charge >= 0.3 is 5.97 Å². The number of esters is 1. The van der Waals surface area contributed by atoms with Crippen molar-refractivity contribution in [3.63, 3.8) is 0 Å². The van der Waals surface area contributed by atoms with Crippen LogP contribution >= 0.6 is 0 Å². The summed E-state index contributed by atoms with van der Waals surface area (Å²) >= 11 is 0. The third kappa shape index (κ3) is 1.94. The molecule has 2 aromatic carbocycles. The molecule has 0 spiro atoms. The minimum atomic E-state index is -1.74. The number of fused-ring (bicyclic) bond motifs is 8. The topological polar surface area (TPSA) is 59.1 Å². The first-order valence-electron chi connectivity index (χ1n) is 10.0. The lowest BCUT2D eigenvalue weighted by atomic mass is 9.91. The molecule has 3 fully saturated rings. The molecule has 5 heteroatoms. The maximum Gasteiger partial charge on any atom is 0.348 e. The van der Waals surface area contributed by atoms with E-state index in [9.17, 15) is 9.90 Å². The smallest absolute Gasteiger partial charge is 0.348 e. The second kappa shape index (κ2) is 5.23. The number of nitrogens with zero attached hydrogens (tertiary/aromatic N) is 1. The molecule has 0 radical (unpaired) electrons. The Hall–Kier alpha value is -2.21. The molecule has 4 aliphatic rings. The highest BCUT2D eigenvalue weighted by Gasteiger charge is 2.71. The molecule has 0 amide bonds. The van der Waals surface area contributed by atoms with Crippen LogP contribution in [0.15, 0.2) is 48.5 Å². The molecule has 0 saturated carbocycles. The lowest BCUT2D eigenvalue weighted by Gasteiger charge is -2.45. The molecule has 144 valence electrons. The van der Waals surface area contributed by atoms with Gasteiger partial charge in [0.05, 0.1) is 14.1 Å². The highest BCUT2D eigenvalue weighted by atomic mass is 16.6. The molecule has 3 heterocycles. The van der Waals surface area contributed by atoms with Crippen LogP contribution in [0, 0.1) is 0 Å². The Morgan fingerprint density at radius 2 is 1.50 bits per heavy atom. The summed E-state index contributed by atoms with van der Waals surface area (Å²) in [5.74, 6) is -0.559. The monoisotopic (exact) mass is 378 g/mol. The SMILES string of the molecule is C[N+]1(C)C2C[C@H](OC(=O)C3(O)c4ccccc4-c4ccccc43)CC1[C@H]1OC21. The van der Waals surface area contributed by atoms with E-state index in [-0.39, 0.29) is 6.10 Å². The molecule has 28 heavy (non-hydrogen) atoms. The van der Waals surface area contributed by atoms with E-state index in [0.717, 1.165) is 28.5 Å². The van der Waals surface area contributed by atoms with Crippen LogP contribution < -0.4 is 0 Å². The average molecular weight is 378 g/mol. The summed E-state index contributed by atoms with van der Waals surface area (Å²) < 4.78 is 12.7. The Kier molecular flexibility index (Phi) is 3.12. The number of likely N-dealkylation sites (N-methyl/N-ethyl adjacent to an activating group) is 1. The molecule has 2 aromatic rings. The van der Waals surface area contributed by atoms with Crippen molar-refractivity contribution in [1.82, 2.24) is 0 Å². The second-order valence-electron chi connectivity index (χ2n) is 9.13. The number of epoxide rings is 1. The highest BCUT2D eigenvalue weighted by Crippen LogP contribution is 2.53. The van der Waals surface area contributed by atoms with Crippen LogP contribution in [-0.4, -0.2) is 60.0 Å². The van der Waals surface area contributed by atoms with Crippen LogP contribution in [0.1, 0.15) is 24.0 Å². The molecule has 3 aliphatic heterocycles. The van der Waals surface area contributed by atoms with Gasteiger partial charge in [-0.3, -0.25) is 0 Å². The number of ether oxygens (including phenoxy) is 2. The molecular weight excluding hydrogens is 354 g/mol. The fraction of sp³-hybridized carbons (Fsp3) is 0.435. The summed E-state index contributed by atoms with van der Waals surface area (Å²) in [7, 11) is 4.50. The molecule has 3 unspecified atom stereocenters. The van der Waals surface area contributed by atoms with Crippen LogP contribution in [0.3, 0.4) is 0 Å².